The van der Waals surface area contributed by atoms with Crippen molar-refractivity contribution in [3.8, 4) is 0 Å². The standard InChI is InChI=1S/C14H12BrNO/c15-13-6-3-7-16(14(13)17)9-11-8-10-4-1-2-5-12(10)11/h1-7,11H,8-9H2. The zero-order valence-electron chi connectivity index (χ0n) is 9.27. The molecule has 0 spiro atoms. The molecule has 2 nitrogen and oxygen atoms in total. The molecular weight excluding hydrogens is 278 g/mol. The fourth-order valence-electron chi connectivity index (χ4n) is 2.41. The van der Waals surface area contributed by atoms with Gasteiger partial charge < -0.3 is 4.57 Å². The van der Waals surface area contributed by atoms with Crippen LogP contribution in [0, 0.1) is 0 Å². The van der Waals surface area contributed by atoms with Gasteiger partial charge in [-0.05, 0) is 45.6 Å². The molecule has 1 aromatic heterocycles. The van der Waals surface area contributed by atoms with E-state index in [1.165, 1.54) is 11.1 Å². The number of hydrogen-bond acceptors (Lipinski definition) is 1. The van der Waals surface area contributed by atoms with Crippen LogP contribution in [0.15, 0.2) is 51.9 Å². The molecule has 0 saturated heterocycles. The summed E-state index contributed by atoms with van der Waals surface area (Å²) >= 11 is 3.27. The maximum absolute atomic E-state index is 11.9. The molecule has 1 aliphatic rings. The van der Waals surface area contributed by atoms with Crippen LogP contribution in [0.5, 0.6) is 0 Å². The highest BCUT2D eigenvalue weighted by molar-refractivity contribution is 9.10. The zero-order valence-corrected chi connectivity index (χ0v) is 10.9. The first-order valence-corrected chi connectivity index (χ1v) is 6.48. The van der Waals surface area contributed by atoms with Crippen molar-refractivity contribution in [1.29, 1.82) is 0 Å². The smallest absolute Gasteiger partial charge is 0.264 e. The number of hydrogen-bond donors (Lipinski definition) is 0. The Morgan fingerprint density at radius 3 is 2.88 bits per heavy atom. The van der Waals surface area contributed by atoms with Crippen LogP contribution < -0.4 is 5.56 Å². The van der Waals surface area contributed by atoms with Crippen molar-refractivity contribution in [1.82, 2.24) is 4.57 Å². The van der Waals surface area contributed by atoms with Gasteiger partial charge in [-0.3, -0.25) is 4.79 Å². The van der Waals surface area contributed by atoms with Gasteiger partial charge in [0.25, 0.3) is 5.56 Å². The van der Waals surface area contributed by atoms with Gasteiger partial charge in [-0.15, -0.1) is 0 Å². The van der Waals surface area contributed by atoms with Crippen molar-refractivity contribution in [2.75, 3.05) is 0 Å². The van der Waals surface area contributed by atoms with Crippen LogP contribution >= 0.6 is 15.9 Å². The van der Waals surface area contributed by atoms with Gasteiger partial charge in [0, 0.05) is 18.7 Å². The fraction of sp³-hybridized carbons (Fsp3) is 0.214. The van der Waals surface area contributed by atoms with Gasteiger partial charge in [0.05, 0.1) is 4.47 Å². The number of aromatic nitrogens is 1. The van der Waals surface area contributed by atoms with E-state index in [0.717, 1.165) is 13.0 Å². The number of rotatable bonds is 2. The summed E-state index contributed by atoms with van der Waals surface area (Å²) in [5.74, 6) is 0.484. The number of pyridine rings is 1. The quantitative estimate of drug-likeness (QED) is 0.833. The molecule has 0 fully saturated rings. The first-order chi connectivity index (χ1) is 8.25. The first kappa shape index (κ1) is 10.8. The predicted molar refractivity (Wildman–Crippen MR) is 71.3 cm³/mol. The van der Waals surface area contributed by atoms with Gasteiger partial charge in [0.15, 0.2) is 0 Å². The SMILES string of the molecule is O=c1c(Br)cccn1CC1Cc2ccccc21. The van der Waals surface area contributed by atoms with E-state index in [0.29, 0.717) is 10.4 Å². The second-order valence-corrected chi connectivity index (χ2v) is 5.27. The largest absolute Gasteiger partial charge is 0.314 e. The van der Waals surface area contributed by atoms with Gasteiger partial charge in [0.2, 0.25) is 0 Å². The lowest BCUT2D eigenvalue weighted by Crippen LogP contribution is -2.28. The van der Waals surface area contributed by atoms with E-state index in [9.17, 15) is 4.79 Å². The molecule has 2 aromatic rings. The molecule has 0 saturated carbocycles. The third-order valence-corrected chi connectivity index (χ3v) is 3.96. The molecule has 17 heavy (non-hydrogen) atoms. The van der Waals surface area contributed by atoms with Crippen LogP contribution in [-0.2, 0) is 13.0 Å². The van der Waals surface area contributed by atoms with Crippen molar-refractivity contribution in [2.24, 2.45) is 0 Å². The van der Waals surface area contributed by atoms with Gasteiger partial charge in [-0.2, -0.15) is 0 Å². The fourth-order valence-corrected chi connectivity index (χ4v) is 2.79. The average Bonchev–Trinajstić information content (AvgIpc) is 2.31. The number of halogens is 1. The van der Waals surface area contributed by atoms with Crippen molar-refractivity contribution in [3.63, 3.8) is 0 Å². The highest BCUT2D eigenvalue weighted by atomic mass is 79.9. The molecule has 3 rings (SSSR count). The summed E-state index contributed by atoms with van der Waals surface area (Å²) in [5, 5.41) is 0. The summed E-state index contributed by atoms with van der Waals surface area (Å²) in [6.07, 6.45) is 2.93. The minimum atomic E-state index is 0.0527. The Labute approximate surface area is 108 Å². The summed E-state index contributed by atoms with van der Waals surface area (Å²) in [7, 11) is 0. The van der Waals surface area contributed by atoms with Crippen molar-refractivity contribution in [2.45, 2.75) is 18.9 Å². The van der Waals surface area contributed by atoms with Gasteiger partial charge in [0.1, 0.15) is 0 Å². The minimum Gasteiger partial charge on any atom is -0.314 e. The molecule has 3 heteroatoms. The van der Waals surface area contributed by atoms with Crippen molar-refractivity contribution < 1.29 is 0 Å². The Morgan fingerprint density at radius 2 is 2.06 bits per heavy atom. The van der Waals surface area contributed by atoms with Crippen molar-refractivity contribution >= 4 is 15.9 Å². The molecule has 1 atom stereocenters. The molecule has 0 radical (unpaired) electrons. The van der Waals surface area contributed by atoms with Crippen LogP contribution in [0.25, 0.3) is 0 Å². The van der Waals surface area contributed by atoms with E-state index < -0.39 is 0 Å². The Morgan fingerprint density at radius 1 is 1.24 bits per heavy atom. The zero-order chi connectivity index (χ0) is 11.8. The summed E-state index contributed by atoms with van der Waals surface area (Å²) in [5.41, 5.74) is 2.86. The Hall–Kier alpha value is -1.35. The highest BCUT2D eigenvalue weighted by Crippen LogP contribution is 2.35. The Kier molecular flexibility index (Phi) is 2.63. The number of nitrogens with zero attached hydrogens (tertiary/aromatic N) is 1. The Bertz CT molecular complexity index is 618. The maximum Gasteiger partial charge on any atom is 0.264 e. The molecule has 0 bridgehead atoms. The molecule has 86 valence electrons. The average molecular weight is 290 g/mol. The van der Waals surface area contributed by atoms with E-state index >= 15 is 0 Å². The lowest BCUT2D eigenvalue weighted by atomic mass is 9.77. The molecule has 0 amide bonds. The highest BCUT2D eigenvalue weighted by Gasteiger charge is 2.25. The summed E-state index contributed by atoms with van der Waals surface area (Å²) in [6, 6.07) is 12.1. The Balaban J connectivity index is 1.87. The molecule has 1 unspecified atom stereocenters. The van der Waals surface area contributed by atoms with Crippen LogP contribution in [0.3, 0.4) is 0 Å². The maximum atomic E-state index is 11.9. The first-order valence-electron chi connectivity index (χ1n) is 5.68. The molecule has 1 heterocycles. The monoisotopic (exact) mass is 289 g/mol. The van der Waals surface area contributed by atoms with E-state index in [1.807, 2.05) is 12.3 Å². The molecular formula is C14H12BrNO. The third-order valence-electron chi connectivity index (χ3n) is 3.35. The second kappa shape index (κ2) is 4.15. The summed E-state index contributed by atoms with van der Waals surface area (Å²) in [6.45, 7) is 0.773. The van der Waals surface area contributed by atoms with E-state index in [1.54, 1.807) is 10.6 Å². The van der Waals surface area contributed by atoms with E-state index in [2.05, 4.69) is 40.2 Å². The van der Waals surface area contributed by atoms with Gasteiger partial charge in [-0.25, -0.2) is 0 Å². The molecule has 0 aliphatic heterocycles. The summed E-state index contributed by atoms with van der Waals surface area (Å²) in [4.78, 5) is 11.9. The summed E-state index contributed by atoms with van der Waals surface area (Å²) < 4.78 is 2.41. The van der Waals surface area contributed by atoms with Crippen LogP contribution in [0.4, 0.5) is 0 Å². The van der Waals surface area contributed by atoms with Crippen molar-refractivity contribution in [3.05, 3.63) is 68.5 Å². The number of fused-ring (bicyclic) bond motifs is 1. The van der Waals surface area contributed by atoms with Crippen LogP contribution in [0.1, 0.15) is 17.0 Å². The van der Waals surface area contributed by atoms with Gasteiger partial charge >= 0.3 is 0 Å². The minimum absolute atomic E-state index is 0.0527. The third kappa shape index (κ3) is 1.84. The van der Waals surface area contributed by atoms with Crippen LogP contribution in [0.2, 0.25) is 0 Å². The van der Waals surface area contributed by atoms with E-state index in [-0.39, 0.29) is 5.56 Å². The lowest BCUT2D eigenvalue weighted by molar-refractivity contribution is 0.498. The van der Waals surface area contributed by atoms with E-state index in [4.69, 9.17) is 0 Å². The topological polar surface area (TPSA) is 22.0 Å². The predicted octanol–water partition coefficient (Wildman–Crippen LogP) is 2.95. The molecule has 1 aromatic carbocycles. The normalized spacial score (nSPS) is 17.4. The molecule has 0 N–H and O–H groups in total. The molecule has 1 aliphatic carbocycles. The number of benzene rings is 1. The second-order valence-electron chi connectivity index (χ2n) is 4.41. The van der Waals surface area contributed by atoms with Crippen LogP contribution in [-0.4, -0.2) is 4.57 Å². The van der Waals surface area contributed by atoms with Gasteiger partial charge in [-0.1, -0.05) is 24.3 Å². The lowest BCUT2D eigenvalue weighted by Gasteiger charge is -2.30.